The third kappa shape index (κ3) is 11.0. The van der Waals surface area contributed by atoms with Crippen molar-refractivity contribution >= 4 is 11.9 Å². The van der Waals surface area contributed by atoms with Gasteiger partial charge in [-0.3, -0.25) is 4.79 Å². The van der Waals surface area contributed by atoms with Crippen LogP contribution in [0, 0.1) is 0 Å². The number of nitrogens with two attached hydrogens (primary N) is 1. The van der Waals surface area contributed by atoms with E-state index in [1.54, 1.807) is 0 Å². The van der Waals surface area contributed by atoms with E-state index in [1.165, 1.54) is 0 Å². The van der Waals surface area contributed by atoms with Crippen LogP contribution in [-0.2, 0) is 32.1 Å². The topological polar surface area (TPSA) is 98.8 Å². The Morgan fingerprint density at radius 2 is 1.41 bits per heavy atom. The van der Waals surface area contributed by atoms with Crippen molar-refractivity contribution in [2.45, 2.75) is 58.5 Å². The number of hydrogen-bond donors (Lipinski definition) is 2. The van der Waals surface area contributed by atoms with E-state index in [1.807, 2.05) is 81.4 Å². The highest BCUT2D eigenvalue weighted by atomic mass is 16.6. The summed E-state index contributed by atoms with van der Waals surface area (Å²) in [4.78, 5) is 21.6. The van der Waals surface area contributed by atoms with E-state index in [2.05, 4.69) is 0 Å². The van der Waals surface area contributed by atoms with Crippen LogP contribution in [0.15, 0.2) is 60.7 Å². The van der Waals surface area contributed by atoms with Crippen LogP contribution in [0.1, 0.15) is 38.8 Å². The van der Waals surface area contributed by atoms with E-state index in [4.69, 9.17) is 25.1 Å². The third-order valence-electron chi connectivity index (χ3n) is 3.61. The summed E-state index contributed by atoms with van der Waals surface area (Å²) in [6.45, 7) is 6.90. The molecule has 2 aromatic carbocycles. The van der Waals surface area contributed by atoms with Crippen LogP contribution < -0.4 is 5.73 Å². The summed E-state index contributed by atoms with van der Waals surface area (Å²) >= 11 is 0. The molecule has 0 fully saturated rings. The van der Waals surface area contributed by atoms with Crippen molar-refractivity contribution in [2.75, 3.05) is 0 Å². The smallest absolute Gasteiger partial charge is 0.337 e. The predicted molar refractivity (Wildman–Crippen MR) is 112 cm³/mol. The van der Waals surface area contributed by atoms with Gasteiger partial charge < -0.3 is 20.3 Å². The first-order valence-corrected chi connectivity index (χ1v) is 9.46. The van der Waals surface area contributed by atoms with Gasteiger partial charge in [-0.1, -0.05) is 60.7 Å². The van der Waals surface area contributed by atoms with E-state index in [9.17, 15) is 4.79 Å². The standard InChI is InChI=1S/C21H27NO3.C2H4O2/c1-21(2,3)25-20(23)19(24-15-17-12-8-5-9-13-17)18(22)14-16-10-6-4-7-11-16;1-2(3)4/h4-13,18-19H,14-15,22H2,1-3H3;1H3,(H,3,4). The van der Waals surface area contributed by atoms with E-state index in [0.717, 1.165) is 18.1 Å². The lowest BCUT2D eigenvalue weighted by molar-refractivity contribution is -0.171. The fourth-order valence-electron chi connectivity index (χ4n) is 2.48. The largest absolute Gasteiger partial charge is 0.481 e. The van der Waals surface area contributed by atoms with E-state index in [0.29, 0.717) is 13.0 Å². The number of carboxylic acid groups (broad SMARTS) is 1. The zero-order chi connectivity index (χ0) is 21.9. The normalized spacial score (nSPS) is 12.9. The molecular weight excluding hydrogens is 370 g/mol. The lowest BCUT2D eigenvalue weighted by Gasteiger charge is -2.27. The molecule has 0 bridgehead atoms. The summed E-state index contributed by atoms with van der Waals surface area (Å²) in [6.07, 6.45) is -0.279. The Labute approximate surface area is 172 Å². The maximum atomic E-state index is 12.6. The van der Waals surface area contributed by atoms with Crippen molar-refractivity contribution in [2.24, 2.45) is 5.73 Å². The quantitative estimate of drug-likeness (QED) is 0.688. The highest BCUT2D eigenvalue weighted by Crippen LogP contribution is 2.15. The van der Waals surface area contributed by atoms with Gasteiger partial charge in [0.05, 0.1) is 6.61 Å². The monoisotopic (exact) mass is 401 g/mol. The second kappa shape index (κ2) is 12.0. The second-order valence-corrected chi connectivity index (χ2v) is 7.62. The zero-order valence-corrected chi connectivity index (χ0v) is 17.5. The lowest BCUT2D eigenvalue weighted by atomic mass is 10.0. The minimum absolute atomic E-state index is 0.313. The van der Waals surface area contributed by atoms with E-state index < -0.39 is 29.7 Å². The molecule has 0 aliphatic rings. The van der Waals surface area contributed by atoms with E-state index in [-0.39, 0.29) is 0 Å². The summed E-state index contributed by atoms with van der Waals surface area (Å²) in [7, 11) is 0. The highest BCUT2D eigenvalue weighted by Gasteiger charge is 2.31. The molecule has 0 heterocycles. The average molecular weight is 402 g/mol. The molecule has 2 unspecified atom stereocenters. The predicted octanol–water partition coefficient (Wildman–Crippen LogP) is 3.57. The molecule has 2 rings (SSSR count). The van der Waals surface area contributed by atoms with Crippen molar-refractivity contribution in [3.63, 3.8) is 0 Å². The molecule has 6 heteroatoms. The van der Waals surface area contributed by atoms with Crippen LogP contribution in [-0.4, -0.2) is 34.8 Å². The molecule has 0 saturated carbocycles. The lowest BCUT2D eigenvalue weighted by Crippen LogP contribution is -2.46. The number of ether oxygens (including phenoxy) is 2. The van der Waals surface area contributed by atoms with Gasteiger partial charge in [0.25, 0.3) is 5.97 Å². The minimum atomic E-state index is -0.833. The number of benzene rings is 2. The molecule has 2 aromatic rings. The molecule has 0 aliphatic heterocycles. The molecule has 0 saturated heterocycles. The van der Waals surface area contributed by atoms with Gasteiger partial charge >= 0.3 is 5.97 Å². The van der Waals surface area contributed by atoms with E-state index >= 15 is 0 Å². The van der Waals surface area contributed by atoms with Crippen LogP contribution in [0.5, 0.6) is 0 Å². The van der Waals surface area contributed by atoms with Gasteiger partial charge in [0.1, 0.15) is 5.60 Å². The van der Waals surface area contributed by atoms with Crippen LogP contribution in [0.25, 0.3) is 0 Å². The van der Waals surface area contributed by atoms with Gasteiger partial charge in [-0.15, -0.1) is 0 Å². The first-order chi connectivity index (χ1) is 13.6. The Morgan fingerprint density at radius 3 is 1.86 bits per heavy atom. The van der Waals surface area contributed by atoms with Crippen molar-refractivity contribution < 1.29 is 24.2 Å². The summed E-state index contributed by atoms with van der Waals surface area (Å²) in [6, 6.07) is 19.1. The maximum Gasteiger partial charge on any atom is 0.337 e. The fraction of sp³-hybridized carbons (Fsp3) is 0.391. The SMILES string of the molecule is CC(=O)O.CC(C)(C)OC(=O)C(OCc1ccccc1)C(N)Cc1ccccc1. The zero-order valence-electron chi connectivity index (χ0n) is 17.5. The first-order valence-electron chi connectivity index (χ1n) is 9.46. The van der Waals surface area contributed by atoms with Gasteiger partial charge in [-0.25, -0.2) is 4.79 Å². The molecule has 0 radical (unpaired) electrons. The number of carboxylic acids is 1. The van der Waals surface area contributed by atoms with Gasteiger partial charge in [0.15, 0.2) is 6.10 Å². The Bertz CT molecular complexity index is 737. The Kier molecular flexibility index (Phi) is 10.1. The highest BCUT2D eigenvalue weighted by molar-refractivity contribution is 5.76. The summed E-state index contributed by atoms with van der Waals surface area (Å²) in [5.41, 5.74) is 7.77. The number of carbonyl (C=O) groups excluding carboxylic acids is 1. The Morgan fingerprint density at radius 1 is 0.966 bits per heavy atom. The Hall–Kier alpha value is -2.70. The molecule has 0 aromatic heterocycles. The molecule has 29 heavy (non-hydrogen) atoms. The number of hydrogen-bond acceptors (Lipinski definition) is 5. The van der Waals surface area contributed by atoms with Crippen LogP contribution in [0.4, 0.5) is 0 Å². The molecule has 0 amide bonds. The molecular formula is C23H31NO5. The average Bonchev–Trinajstić information content (AvgIpc) is 2.61. The molecule has 6 nitrogen and oxygen atoms in total. The Balaban J connectivity index is 0.000000960. The van der Waals surface area contributed by atoms with Crippen LogP contribution in [0.3, 0.4) is 0 Å². The molecule has 0 spiro atoms. The summed E-state index contributed by atoms with van der Waals surface area (Å²) in [5.74, 6) is -1.26. The number of aliphatic carboxylic acids is 1. The first kappa shape index (κ1) is 24.3. The van der Waals surface area contributed by atoms with Gasteiger partial charge in [-0.2, -0.15) is 0 Å². The molecule has 0 aliphatic carbocycles. The van der Waals surface area contributed by atoms with Crippen molar-refractivity contribution in [1.29, 1.82) is 0 Å². The van der Waals surface area contributed by atoms with Gasteiger partial charge in [-0.05, 0) is 38.3 Å². The van der Waals surface area contributed by atoms with Crippen molar-refractivity contribution in [1.82, 2.24) is 0 Å². The van der Waals surface area contributed by atoms with Crippen LogP contribution >= 0.6 is 0 Å². The second-order valence-electron chi connectivity index (χ2n) is 7.62. The molecule has 2 atom stereocenters. The number of rotatable bonds is 7. The third-order valence-corrected chi connectivity index (χ3v) is 3.61. The number of esters is 1. The van der Waals surface area contributed by atoms with Crippen molar-refractivity contribution in [3.8, 4) is 0 Å². The van der Waals surface area contributed by atoms with Crippen LogP contribution in [0.2, 0.25) is 0 Å². The van der Waals surface area contributed by atoms with Crippen molar-refractivity contribution in [3.05, 3.63) is 71.8 Å². The maximum absolute atomic E-state index is 12.6. The fourth-order valence-corrected chi connectivity index (χ4v) is 2.48. The minimum Gasteiger partial charge on any atom is -0.481 e. The summed E-state index contributed by atoms with van der Waals surface area (Å²) in [5, 5.41) is 7.42. The van der Waals surface area contributed by atoms with Gasteiger partial charge in [0, 0.05) is 13.0 Å². The molecule has 158 valence electrons. The summed E-state index contributed by atoms with van der Waals surface area (Å²) < 4.78 is 11.4. The van der Waals surface area contributed by atoms with Gasteiger partial charge in [0.2, 0.25) is 0 Å². The molecule has 3 N–H and O–H groups in total. The number of carbonyl (C=O) groups is 2.